The van der Waals surface area contributed by atoms with Crippen LogP contribution in [0.4, 0.5) is 18.0 Å². The van der Waals surface area contributed by atoms with Crippen molar-refractivity contribution in [3.8, 4) is 0 Å². The summed E-state index contributed by atoms with van der Waals surface area (Å²) in [5.74, 6) is 0. The lowest BCUT2D eigenvalue weighted by atomic mass is 10.2. The minimum atomic E-state index is -4.40. The molecule has 0 aliphatic carbocycles. The van der Waals surface area contributed by atoms with Crippen molar-refractivity contribution in [3.05, 3.63) is 0 Å². The summed E-state index contributed by atoms with van der Waals surface area (Å²) in [5, 5.41) is 0. The van der Waals surface area contributed by atoms with Crippen molar-refractivity contribution in [1.82, 2.24) is 4.90 Å². The average Bonchev–Trinajstić information content (AvgIpc) is 1.78. The second-order valence-corrected chi connectivity index (χ2v) is 3.95. The second kappa shape index (κ2) is 4.06. The number of alkyl halides is 3. The van der Waals surface area contributed by atoms with Crippen LogP contribution in [-0.4, -0.2) is 36.4 Å². The van der Waals surface area contributed by atoms with Gasteiger partial charge in [-0.1, -0.05) is 0 Å². The van der Waals surface area contributed by atoms with Gasteiger partial charge in [0.05, 0.1) is 0 Å². The summed E-state index contributed by atoms with van der Waals surface area (Å²) in [5.41, 5.74) is -0.781. The Morgan fingerprint density at radius 3 is 2.00 bits per heavy atom. The van der Waals surface area contributed by atoms with E-state index in [1.807, 2.05) is 0 Å². The molecular formula is C8H14F3NO2. The van der Waals surface area contributed by atoms with E-state index in [0.29, 0.717) is 4.90 Å². The molecule has 0 aromatic carbocycles. The van der Waals surface area contributed by atoms with E-state index in [9.17, 15) is 18.0 Å². The second-order valence-electron chi connectivity index (χ2n) is 3.95. The standard InChI is InChI=1S/C8H14F3NO2/c1-7(2,3)14-6(13)12(4)5-8(9,10)11/h5H2,1-4H3. The molecule has 0 fully saturated rings. The van der Waals surface area contributed by atoms with Gasteiger partial charge >= 0.3 is 12.3 Å². The molecule has 0 heterocycles. The molecule has 14 heavy (non-hydrogen) atoms. The van der Waals surface area contributed by atoms with Crippen LogP contribution in [0.2, 0.25) is 0 Å². The topological polar surface area (TPSA) is 29.5 Å². The summed E-state index contributed by atoms with van der Waals surface area (Å²) in [7, 11) is 1.04. The van der Waals surface area contributed by atoms with E-state index in [0.717, 1.165) is 7.05 Å². The molecule has 0 aromatic rings. The summed E-state index contributed by atoms with van der Waals surface area (Å²) in [4.78, 5) is 11.5. The molecule has 84 valence electrons. The van der Waals surface area contributed by atoms with Crippen LogP contribution in [0.3, 0.4) is 0 Å². The minimum absolute atomic E-state index is 0.491. The molecule has 0 saturated heterocycles. The lowest BCUT2D eigenvalue weighted by molar-refractivity contribution is -0.141. The van der Waals surface area contributed by atoms with E-state index in [4.69, 9.17) is 4.74 Å². The van der Waals surface area contributed by atoms with Gasteiger partial charge in [0, 0.05) is 7.05 Å². The van der Waals surface area contributed by atoms with Crippen molar-refractivity contribution in [2.24, 2.45) is 0 Å². The van der Waals surface area contributed by atoms with Crippen LogP contribution in [0, 0.1) is 0 Å². The van der Waals surface area contributed by atoms with Crippen LogP contribution in [0.15, 0.2) is 0 Å². The van der Waals surface area contributed by atoms with E-state index in [-0.39, 0.29) is 0 Å². The van der Waals surface area contributed by atoms with Crippen LogP contribution >= 0.6 is 0 Å². The molecular weight excluding hydrogens is 199 g/mol. The predicted molar refractivity (Wildman–Crippen MR) is 44.9 cm³/mol. The van der Waals surface area contributed by atoms with E-state index < -0.39 is 24.4 Å². The first-order chi connectivity index (χ1) is 6.01. The predicted octanol–water partition coefficient (Wildman–Crippen LogP) is 2.42. The first-order valence-electron chi connectivity index (χ1n) is 4.02. The molecule has 0 bridgehead atoms. The van der Waals surface area contributed by atoms with Crippen LogP contribution in [0.25, 0.3) is 0 Å². The molecule has 0 atom stereocenters. The fraction of sp³-hybridized carbons (Fsp3) is 0.875. The van der Waals surface area contributed by atoms with Gasteiger partial charge in [-0.25, -0.2) is 4.79 Å². The molecule has 0 rings (SSSR count). The zero-order valence-electron chi connectivity index (χ0n) is 8.60. The van der Waals surface area contributed by atoms with Gasteiger partial charge < -0.3 is 9.64 Å². The zero-order chi connectivity index (χ0) is 11.6. The van der Waals surface area contributed by atoms with Gasteiger partial charge in [0.2, 0.25) is 0 Å². The summed E-state index contributed by atoms with van der Waals surface area (Å²) >= 11 is 0. The number of ether oxygens (including phenoxy) is 1. The maximum absolute atomic E-state index is 11.8. The van der Waals surface area contributed by atoms with Gasteiger partial charge in [0.15, 0.2) is 0 Å². The Bertz CT molecular complexity index is 208. The number of carbonyl (C=O) groups is 1. The third kappa shape index (κ3) is 6.56. The number of amides is 1. The molecule has 0 aliphatic heterocycles. The van der Waals surface area contributed by atoms with Crippen molar-refractivity contribution in [1.29, 1.82) is 0 Å². The monoisotopic (exact) mass is 213 g/mol. The fourth-order valence-electron chi connectivity index (χ4n) is 0.673. The van der Waals surface area contributed by atoms with Crippen molar-refractivity contribution in [2.75, 3.05) is 13.6 Å². The van der Waals surface area contributed by atoms with E-state index in [1.165, 1.54) is 0 Å². The van der Waals surface area contributed by atoms with E-state index in [2.05, 4.69) is 0 Å². The molecule has 0 aliphatic rings. The smallest absolute Gasteiger partial charge is 0.410 e. The van der Waals surface area contributed by atoms with E-state index in [1.54, 1.807) is 20.8 Å². The normalized spacial score (nSPS) is 12.5. The highest BCUT2D eigenvalue weighted by molar-refractivity contribution is 5.67. The fourth-order valence-corrected chi connectivity index (χ4v) is 0.673. The molecule has 0 spiro atoms. The lowest BCUT2D eigenvalue weighted by Gasteiger charge is -2.25. The Hall–Kier alpha value is -0.940. The number of hydrogen-bond donors (Lipinski definition) is 0. The van der Waals surface area contributed by atoms with Crippen molar-refractivity contribution in [3.63, 3.8) is 0 Å². The third-order valence-electron chi connectivity index (χ3n) is 1.12. The summed E-state index contributed by atoms with van der Waals surface area (Å²) in [6.45, 7) is 3.47. The lowest BCUT2D eigenvalue weighted by Crippen LogP contribution is -2.39. The van der Waals surface area contributed by atoms with Crippen molar-refractivity contribution >= 4 is 6.09 Å². The van der Waals surface area contributed by atoms with E-state index >= 15 is 0 Å². The van der Waals surface area contributed by atoms with Crippen LogP contribution in [0.1, 0.15) is 20.8 Å². The molecule has 0 radical (unpaired) electrons. The van der Waals surface area contributed by atoms with Gasteiger partial charge in [-0.3, -0.25) is 0 Å². The highest BCUT2D eigenvalue weighted by Crippen LogP contribution is 2.17. The van der Waals surface area contributed by atoms with Crippen molar-refractivity contribution in [2.45, 2.75) is 32.5 Å². The molecule has 0 aromatic heterocycles. The molecule has 0 unspecified atom stereocenters. The maximum Gasteiger partial charge on any atom is 0.410 e. The quantitative estimate of drug-likeness (QED) is 0.669. The SMILES string of the molecule is CN(CC(F)(F)F)C(=O)OC(C)(C)C. The van der Waals surface area contributed by atoms with Crippen molar-refractivity contribution < 1.29 is 22.7 Å². The van der Waals surface area contributed by atoms with Gasteiger partial charge in [-0.15, -0.1) is 0 Å². The number of hydrogen-bond acceptors (Lipinski definition) is 2. The van der Waals surface area contributed by atoms with Gasteiger partial charge in [0.1, 0.15) is 12.1 Å². The van der Waals surface area contributed by atoms with Gasteiger partial charge in [-0.05, 0) is 20.8 Å². The molecule has 6 heteroatoms. The summed E-state index contributed by atoms with van der Waals surface area (Å²) in [6, 6.07) is 0. The molecule has 1 amide bonds. The molecule has 3 nitrogen and oxygen atoms in total. The Morgan fingerprint density at radius 1 is 1.29 bits per heavy atom. The van der Waals surface area contributed by atoms with Gasteiger partial charge in [0.25, 0.3) is 0 Å². The number of nitrogens with zero attached hydrogens (tertiary/aromatic N) is 1. The Labute approximate surface area is 80.8 Å². The summed E-state index contributed by atoms with van der Waals surface area (Å²) in [6.07, 6.45) is -5.37. The summed E-state index contributed by atoms with van der Waals surface area (Å²) < 4.78 is 40.3. The van der Waals surface area contributed by atoms with Gasteiger partial charge in [-0.2, -0.15) is 13.2 Å². The first kappa shape index (κ1) is 13.1. The first-order valence-corrected chi connectivity index (χ1v) is 4.02. The van der Waals surface area contributed by atoms with Crippen LogP contribution in [0.5, 0.6) is 0 Å². The third-order valence-corrected chi connectivity index (χ3v) is 1.12. The Kier molecular flexibility index (Phi) is 3.79. The average molecular weight is 213 g/mol. The Morgan fingerprint density at radius 2 is 1.71 bits per heavy atom. The Balaban J connectivity index is 4.15. The zero-order valence-corrected chi connectivity index (χ0v) is 8.60. The minimum Gasteiger partial charge on any atom is -0.444 e. The number of carbonyl (C=O) groups excluding carboxylic acids is 1. The number of rotatable bonds is 1. The highest BCUT2D eigenvalue weighted by atomic mass is 19.4. The number of halogens is 3. The molecule has 0 N–H and O–H groups in total. The van der Waals surface area contributed by atoms with Crippen LogP contribution < -0.4 is 0 Å². The highest BCUT2D eigenvalue weighted by Gasteiger charge is 2.32. The molecule has 0 saturated carbocycles. The van der Waals surface area contributed by atoms with Crippen LogP contribution in [-0.2, 0) is 4.74 Å². The largest absolute Gasteiger partial charge is 0.444 e. The maximum atomic E-state index is 11.8.